The molecule has 0 spiro atoms. The maximum atomic E-state index is 12.9. The quantitative estimate of drug-likeness (QED) is 0.270. The number of carboxylic acid groups (broad SMARTS) is 1. The summed E-state index contributed by atoms with van der Waals surface area (Å²) in [6.07, 6.45) is 1.74. The van der Waals surface area contributed by atoms with Gasteiger partial charge < -0.3 is 24.8 Å². The van der Waals surface area contributed by atoms with E-state index in [1.807, 2.05) is 23.9 Å². The summed E-state index contributed by atoms with van der Waals surface area (Å²) >= 11 is 7.78. The van der Waals surface area contributed by atoms with E-state index in [0.717, 1.165) is 23.5 Å². The highest BCUT2D eigenvalue weighted by atomic mass is 35.5. The molecule has 0 saturated carbocycles. The van der Waals surface area contributed by atoms with Crippen LogP contribution in [0.5, 0.6) is 5.75 Å². The van der Waals surface area contributed by atoms with E-state index < -0.39 is 12.1 Å². The molecule has 2 aromatic carbocycles. The Kier molecular flexibility index (Phi) is 13.4. The predicted molar refractivity (Wildman–Crippen MR) is 143 cm³/mol. The molecule has 35 heavy (non-hydrogen) atoms. The minimum absolute atomic E-state index is 0.182. The number of carbonyl (C=O) groups excluding carboxylic acids is 1. The maximum Gasteiger partial charge on any atom is 0.333 e. The van der Waals surface area contributed by atoms with Crippen molar-refractivity contribution in [1.29, 1.82) is 0 Å². The van der Waals surface area contributed by atoms with Gasteiger partial charge in [-0.2, -0.15) is 11.8 Å². The number of amides is 2. The van der Waals surface area contributed by atoms with Crippen molar-refractivity contribution in [3.63, 3.8) is 0 Å². The zero-order chi connectivity index (χ0) is 25.5. The molecule has 0 aliphatic heterocycles. The van der Waals surface area contributed by atoms with Crippen LogP contribution in [0.1, 0.15) is 32.3 Å². The van der Waals surface area contributed by atoms with Gasteiger partial charge in [0.2, 0.25) is 0 Å². The monoisotopic (exact) mass is 522 g/mol. The first kappa shape index (κ1) is 28.8. The molecule has 0 aliphatic carbocycles. The number of halogens is 1. The molecule has 1 unspecified atom stereocenters. The van der Waals surface area contributed by atoms with Crippen LogP contribution in [0.4, 0.5) is 10.5 Å². The van der Waals surface area contributed by atoms with Crippen molar-refractivity contribution >= 4 is 41.1 Å². The first-order chi connectivity index (χ1) is 16.9. The third kappa shape index (κ3) is 11.2. The second kappa shape index (κ2) is 16.3. The normalized spacial score (nSPS) is 11.6. The van der Waals surface area contributed by atoms with E-state index in [4.69, 9.17) is 21.1 Å². The number of ether oxygens (including phenoxy) is 2. The number of carbonyl (C=O) groups is 2. The number of aliphatic carboxylic acids is 1. The zero-order valence-corrected chi connectivity index (χ0v) is 21.9. The third-order valence-corrected chi connectivity index (χ3v) is 6.45. The van der Waals surface area contributed by atoms with Crippen LogP contribution >= 0.6 is 23.4 Å². The second-order valence-corrected chi connectivity index (χ2v) is 9.53. The number of nitrogens with zero attached hydrogens (tertiary/aromatic N) is 1. The first-order valence-electron chi connectivity index (χ1n) is 11.9. The van der Waals surface area contributed by atoms with Gasteiger partial charge in [-0.1, -0.05) is 37.1 Å². The molecule has 7 nitrogen and oxygen atoms in total. The van der Waals surface area contributed by atoms with Crippen molar-refractivity contribution in [2.45, 2.75) is 39.2 Å². The molecule has 1 atom stereocenters. The van der Waals surface area contributed by atoms with Gasteiger partial charge in [0.15, 0.2) is 6.10 Å². The van der Waals surface area contributed by atoms with Crippen LogP contribution < -0.4 is 10.1 Å². The molecular formula is C26H35ClN2O5S. The van der Waals surface area contributed by atoms with Crippen molar-refractivity contribution in [3.8, 4) is 5.75 Å². The average Bonchev–Trinajstić information content (AvgIpc) is 2.84. The van der Waals surface area contributed by atoms with Crippen molar-refractivity contribution < 1.29 is 24.2 Å². The smallest absolute Gasteiger partial charge is 0.333 e. The van der Waals surface area contributed by atoms with Gasteiger partial charge in [0.25, 0.3) is 0 Å². The molecule has 0 bridgehead atoms. The van der Waals surface area contributed by atoms with Crippen LogP contribution in [0.3, 0.4) is 0 Å². The fourth-order valence-corrected chi connectivity index (χ4v) is 4.37. The number of unbranched alkanes of at least 4 members (excludes halogenated alkanes) is 1. The fourth-order valence-electron chi connectivity index (χ4n) is 3.20. The molecule has 0 heterocycles. The Hall–Kier alpha value is -2.42. The van der Waals surface area contributed by atoms with Gasteiger partial charge in [0, 0.05) is 36.0 Å². The number of hydrogen-bond donors (Lipinski definition) is 2. The molecule has 0 fully saturated rings. The van der Waals surface area contributed by atoms with E-state index in [0.29, 0.717) is 42.8 Å². The fraction of sp³-hybridized carbons (Fsp3) is 0.462. The molecule has 2 N–H and O–H groups in total. The number of hydrogen-bond acceptors (Lipinski definition) is 5. The molecule has 0 radical (unpaired) electrons. The van der Waals surface area contributed by atoms with Gasteiger partial charge in [-0.25, -0.2) is 9.59 Å². The highest BCUT2D eigenvalue weighted by molar-refractivity contribution is 7.99. The van der Waals surface area contributed by atoms with Crippen LogP contribution in [0.15, 0.2) is 48.5 Å². The van der Waals surface area contributed by atoms with E-state index >= 15 is 0 Å². The highest BCUT2D eigenvalue weighted by Gasteiger charge is 2.18. The lowest BCUT2D eigenvalue weighted by Gasteiger charge is -2.23. The van der Waals surface area contributed by atoms with Crippen molar-refractivity contribution in [1.82, 2.24) is 4.90 Å². The van der Waals surface area contributed by atoms with Gasteiger partial charge in [0.05, 0.1) is 6.54 Å². The molecule has 2 rings (SSSR count). The average molecular weight is 523 g/mol. The lowest BCUT2D eigenvalue weighted by molar-refractivity contribution is -0.149. The van der Waals surface area contributed by atoms with Crippen LogP contribution in [-0.2, 0) is 16.0 Å². The van der Waals surface area contributed by atoms with Crippen molar-refractivity contribution in [2.75, 3.05) is 43.1 Å². The molecular weight excluding hydrogens is 488 g/mol. The van der Waals surface area contributed by atoms with Crippen molar-refractivity contribution in [2.24, 2.45) is 0 Å². The third-order valence-electron chi connectivity index (χ3n) is 5.15. The minimum Gasteiger partial charge on any atom is -0.492 e. The lowest BCUT2D eigenvalue weighted by atomic mass is 10.1. The van der Waals surface area contributed by atoms with Crippen LogP contribution in [0, 0.1) is 0 Å². The minimum atomic E-state index is -0.975. The standard InChI is InChI=1S/C26H35ClN2O5S/c1-3-5-17-35-18-15-29(26(32)28-22-10-8-21(27)9-11-22)14-16-34-23-12-6-20(7-13-23)19-24(25(30)31)33-4-2/h6-13,24H,3-5,14-19H2,1-2H3,(H,28,32)(H,30,31). The van der Waals surface area contributed by atoms with Gasteiger partial charge in [-0.3, -0.25) is 0 Å². The number of rotatable bonds is 16. The Morgan fingerprint density at radius 1 is 1.06 bits per heavy atom. The van der Waals surface area contributed by atoms with Crippen LogP contribution in [0.25, 0.3) is 0 Å². The Morgan fingerprint density at radius 2 is 1.77 bits per heavy atom. The highest BCUT2D eigenvalue weighted by Crippen LogP contribution is 2.16. The van der Waals surface area contributed by atoms with Gasteiger partial charge in [0.1, 0.15) is 12.4 Å². The topological polar surface area (TPSA) is 88.1 Å². The number of thioether (sulfide) groups is 1. The summed E-state index contributed by atoms with van der Waals surface area (Å²) in [5.41, 5.74) is 1.54. The predicted octanol–water partition coefficient (Wildman–Crippen LogP) is 5.82. The summed E-state index contributed by atoms with van der Waals surface area (Å²) in [7, 11) is 0. The second-order valence-electron chi connectivity index (χ2n) is 7.87. The number of nitrogens with one attached hydrogen (secondary N) is 1. The van der Waals surface area contributed by atoms with E-state index in [2.05, 4.69) is 12.2 Å². The summed E-state index contributed by atoms with van der Waals surface area (Å²) in [6.45, 7) is 5.67. The van der Waals surface area contributed by atoms with Gasteiger partial charge in [-0.15, -0.1) is 0 Å². The summed E-state index contributed by atoms with van der Waals surface area (Å²) < 4.78 is 11.1. The molecule has 192 valence electrons. The molecule has 0 aliphatic rings. The summed E-state index contributed by atoms with van der Waals surface area (Å²) in [6, 6.07) is 14.1. The summed E-state index contributed by atoms with van der Waals surface area (Å²) in [5, 5.41) is 12.8. The van der Waals surface area contributed by atoms with Crippen LogP contribution in [0.2, 0.25) is 5.02 Å². The van der Waals surface area contributed by atoms with Gasteiger partial charge in [-0.05, 0) is 61.1 Å². The Labute approximate surface area is 217 Å². The molecule has 2 amide bonds. The number of benzene rings is 2. The molecule has 0 aromatic heterocycles. The summed E-state index contributed by atoms with van der Waals surface area (Å²) in [4.78, 5) is 25.9. The Balaban J connectivity index is 1.89. The van der Waals surface area contributed by atoms with E-state index in [-0.39, 0.29) is 12.5 Å². The number of anilines is 1. The largest absolute Gasteiger partial charge is 0.492 e. The molecule has 2 aromatic rings. The van der Waals surface area contributed by atoms with Crippen LogP contribution in [-0.4, -0.2) is 65.9 Å². The number of urea groups is 1. The lowest BCUT2D eigenvalue weighted by Crippen LogP contribution is -2.39. The van der Waals surface area contributed by atoms with Gasteiger partial charge >= 0.3 is 12.0 Å². The van der Waals surface area contributed by atoms with Crippen molar-refractivity contribution in [3.05, 3.63) is 59.1 Å². The molecule has 9 heteroatoms. The zero-order valence-electron chi connectivity index (χ0n) is 20.4. The maximum absolute atomic E-state index is 12.9. The summed E-state index contributed by atoms with van der Waals surface area (Å²) in [5.74, 6) is 1.62. The Bertz CT molecular complexity index is 896. The van der Waals surface area contributed by atoms with E-state index in [1.54, 1.807) is 48.2 Å². The first-order valence-corrected chi connectivity index (χ1v) is 13.4. The Morgan fingerprint density at radius 3 is 2.40 bits per heavy atom. The van der Waals surface area contributed by atoms with E-state index in [9.17, 15) is 14.7 Å². The SMILES string of the molecule is CCCCSCCN(CCOc1ccc(CC(OCC)C(=O)O)cc1)C(=O)Nc1ccc(Cl)cc1. The number of carboxylic acids is 1. The van der Waals surface area contributed by atoms with E-state index in [1.165, 1.54) is 6.42 Å². The molecule has 0 saturated heterocycles.